The first kappa shape index (κ1) is 20.3. The fraction of sp³-hybridized carbons (Fsp3) is 0.318. The molecule has 0 spiro atoms. The maximum absolute atomic E-state index is 12.6. The molecule has 1 aliphatic rings. The van der Waals surface area contributed by atoms with Gasteiger partial charge in [0.2, 0.25) is 11.8 Å². The lowest BCUT2D eigenvalue weighted by Crippen LogP contribution is -2.40. The van der Waals surface area contributed by atoms with Crippen molar-refractivity contribution in [2.75, 3.05) is 13.1 Å². The van der Waals surface area contributed by atoms with Gasteiger partial charge in [-0.3, -0.25) is 9.59 Å². The molecule has 0 aliphatic carbocycles. The van der Waals surface area contributed by atoms with Crippen molar-refractivity contribution < 1.29 is 19.1 Å². The van der Waals surface area contributed by atoms with Crippen LogP contribution in [0, 0.1) is 0 Å². The van der Waals surface area contributed by atoms with Gasteiger partial charge in [0.15, 0.2) is 5.69 Å². The third-order valence-electron chi connectivity index (χ3n) is 5.11. The largest absolute Gasteiger partial charge is 0.444 e. The summed E-state index contributed by atoms with van der Waals surface area (Å²) in [6, 6.07) is 9.47. The van der Waals surface area contributed by atoms with E-state index in [0.717, 1.165) is 16.7 Å². The van der Waals surface area contributed by atoms with Gasteiger partial charge in [-0.1, -0.05) is 12.1 Å². The van der Waals surface area contributed by atoms with Crippen LogP contribution in [0.25, 0.3) is 11.5 Å². The van der Waals surface area contributed by atoms with Gasteiger partial charge in [0.05, 0.1) is 12.5 Å². The number of nitrogens with one attached hydrogen (secondary N) is 1. The standard InChI is InChI=1S/C22H23N3O4S/c26-18-5-8-25(9-6-18)22(28)19-13-29-21(24-19)17-3-1-15(2-4-17)12-23-20(27)11-16-7-10-30-14-16/h1-4,7,10,13-14,18,26H,5-6,8-9,11-12H2,(H,23,27). The van der Waals surface area contributed by atoms with Gasteiger partial charge in [-0.25, -0.2) is 4.98 Å². The molecule has 0 bridgehead atoms. The molecule has 30 heavy (non-hydrogen) atoms. The third kappa shape index (κ3) is 4.95. The lowest BCUT2D eigenvalue weighted by atomic mass is 10.1. The van der Waals surface area contributed by atoms with Gasteiger partial charge >= 0.3 is 0 Å². The summed E-state index contributed by atoms with van der Waals surface area (Å²) in [4.78, 5) is 30.6. The van der Waals surface area contributed by atoms with Crippen LogP contribution in [0.5, 0.6) is 0 Å². The van der Waals surface area contributed by atoms with E-state index in [9.17, 15) is 14.7 Å². The van der Waals surface area contributed by atoms with Crippen LogP contribution in [0.2, 0.25) is 0 Å². The fourth-order valence-electron chi connectivity index (χ4n) is 3.34. The highest BCUT2D eigenvalue weighted by Gasteiger charge is 2.24. The predicted molar refractivity (Wildman–Crippen MR) is 113 cm³/mol. The number of carbonyl (C=O) groups excluding carboxylic acids is 2. The Bertz CT molecular complexity index is 990. The quantitative estimate of drug-likeness (QED) is 0.633. The van der Waals surface area contributed by atoms with E-state index in [4.69, 9.17) is 4.42 Å². The van der Waals surface area contributed by atoms with E-state index in [1.807, 2.05) is 41.1 Å². The van der Waals surface area contributed by atoms with Crippen molar-refractivity contribution >= 4 is 23.2 Å². The molecule has 3 heterocycles. The molecule has 7 nitrogen and oxygen atoms in total. The SMILES string of the molecule is O=C(Cc1ccsc1)NCc1ccc(-c2nc(C(=O)N3CCC(O)CC3)co2)cc1. The Hall–Kier alpha value is -2.97. The number of carbonyl (C=O) groups is 2. The second kappa shape index (κ2) is 9.23. The maximum Gasteiger partial charge on any atom is 0.275 e. The van der Waals surface area contributed by atoms with E-state index in [2.05, 4.69) is 10.3 Å². The van der Waals surface area contributed by atoms with Crippen molar-refractivity contribution in [1.29, 1.82) is 0 Å². The number of piperidine rings is 1. The molecule has 2 aromatic heterocycles. The highest BCUT2D eigenvalue weighted by atomic mass is 32.1. The molecule has 2 amide bonds. The summed E-state index contributed by atoms with van der Waals surface area (Å²) in [5, 5.41) is 16.4. The first-order chi connectivity index (χ1) is 14.6. The van der Waals surface area contributed by atoms with Crippen LogP contribution < -0.4 is 5.32 Å². The van der Waals surface area contributed by atoms with Gasteiger partial charge in [0.25, 0.3) is 5.91 Å². The number of hydrogen-bond donors (Lipinski definition) is 2. The topological polar surface area (TPSA) is 95.7 Å². The number of likely N-dealkylation sites (tertiary alicyclic amines) is 1. The molecule has 3 aromatic rings. The molecule has 8 heteroatoms. The molecule has 0 atom stereocenters. The Labute approximate surface area is 178 Å². The van der Waals surface area contributed by atoms with Crippen LogP contribution in [-0.2, 0) is 17.8 Å². The Morgan fingerprint density at radius 3 is 2.63 bits per heavy atom. The second-order valence-electron chi connectivity index (χ2n) is 7.34. The van der Waals surface area contributed by atoms with Crippen molar-refractivity contribution in [2.24, 2.45) is 0 Å². The van der Waals surface area contributed by atoms with Gasteiger partial charge in [0, 0.05) is 25.2 Å². The molecule has 1 aliphatic heterocycles. The average molecular weight is 426 g/mol. The van der Waals surface area contributed by atoms with Gasteiger partial charge in [0.1, 0.15) is 6.26 Å². The highest BCUT2D eigenvalue weighted by Crippen LogP contribution is 2.21. The van der Waals surface area contributed by atoms with Crippen LogP contribution in [0.3, 0.4) is 0 Å². The maximum atomic E-state index is 12.6. The first-order valence-corrected chi connectivity index (χ1v) is 10.8. The van der Waals surface area contributed by atoms with Crippen molar-refractivity contribution in [2.45, 2.75) is 31.9 Å². The van der Waals surface area contributed by atoms with Crippen molar-refractivity contribution in [3.8, 4) is 11.5 Å². The third-order valence-corrected chi connectivity index (χ3v) is 5.84. The molecular weight excluding hydrogens is 402 g/mol. The van der Waals surface area contributed by atoms with E-state index < -0.39 is 0 Å². The van der Waals surface area contributed by atoms with Crippen molar-refractivity contribution in [1.82, 2.24) is 15.2 Å². The molecule has 0 unspecified atom stereocenters. The number of rotatable bonds is 6. The van der Waals surface area contributed by atoms with Crippen molar-refractivity contribution in [3.63, 3.8) is 0 Å². The minimum absolute atomic E-state index is 0.0152. The Balaban J connectivity index is 1.33. The highest BCUT2D eigenvalue weighted by molar-refractivity contribution is 7.08. The number of amides is 2. The van der Waals surface area contributed by atoms with E-state index in [0.29, 0.717) is 44.8 Å². The monoisotopic (exact) mass is 425 g/mol. The second-order valence-corrected chi connectivity index (χ2v) is 8.12. The summed E-state index contributed by atoms with van der Waals surface area (Å²) in [6.07, 6.45) is 2.59. The molecule has 1 aromatic carbocycles. The molecule has 1 fully saturated rings. The summed E-state index contributed by atoms with van der Waals surface area (Å²) >= 11 is 1.58. The Kier molecular flexibility index (Phi) is 6.25. The minimum Gasteiger partial charge on any atom is -0.444 e. The van der Waals surface area contributed by atoms with Crippen LogP contribution in [0.4, 0.5) is 0 Å². The molecule has 156 valence electrons. The zero-order valence-electron chi connectivity index (χ0n) is 16.4. The number of hydrogen-bond acceptors (Lipinski definition) is 6. The van der Waals surface area contributed by atoms with Crippen LogP contribution in [-0.4, -0.2) is 46.0 Å². The zero-order chi connectivity index (χ0) is 20.9. The minimum atomic E-state index is -0.333. The predicted octanol–water partition coefficient (Wildman–Crippen LogP) is 2.86. The average Bonchev–Trinajstić information content (AvgIpc) is 3.45. The zero-order valence-corrected chi connectivity index (χ0v) is 17.2. The number of aliphatic hydroxyl groups excluding tert-OH is 1. The normalized spacial score (nSPS) is 14.6. The van der Waals surface area contributed by atoms with Crippen molar-refractivity contribution in [3.05, 3.63) is 64.2 Å². The molecular formula is C22H23N3O4S. The summed E-state index contributed by atoms with van der Waals surface area (Å²) in [6.45, 7) is 1.49. The summed E-state index contributed by atoms with van der Waals surface area (Å²) < 4.78 is 5.50. The Morgan fingerprint density at radius 1 is 1.17 bits per heavy atom. The number of aromatic nitrogens is 1. The number of nitrogens with zero attached hydrogens (tertiary/aromatic N) is 2. The van der Waals surface area contributed by atoms with E-state index in [1.165, 1.54) is 6.26 Å². The lowest BCUT2D eigenvalue weighted by molar-refractivity contribution is -0.120. The lowest BCUT2D eigenvalue weighted by Gasteiger charge is -2.28. The molecule has 1 saturated heterocycles. The molecule has 4 rings (SSSR count). The summed E-state index contributed by atoms with van der Waals surface area (Å²) in [7, 11) is 0. The van der Waals surface area contributed by atoms with Crippen LogP contribution in [0.15, 0.2) is 51.8 Å². The van der Waals surface area contributed by atoms with E-state index in [1.54, 1.807) is 16.2 Å². The van der Waals surface area contributed by atoms with E-state index in [-0.39, 0.29) is 23.6 Å². The van der Waals surface area contributed by atoms with Gasteiger partial charge in [-0.05, 0) is 52.9 Å². The summed E-state index contributed by atoms with van der Waals surface area (Å²) in [5.41, 5.74) is 3.01. The fourth-order valence-corrected chi connectivity index (χ4v) is 4.01. The number of aliphatic hydroxyl groups is 1. The van der Waals surface area contributed by atoms with Crippen LogP contribution >= 0.6 is 11.3 Å². The van der Waals surface area contributed by atoms with Crippen LogP contribution in [0.1, 0.15) is 34.5 Å². The van der Waals surface area contributed by atoms with Gasteiger partial charge in [-0.2, -0.15) is 11.3 Å². The number of benzene rings is 1. The molecule has 2 N–H and O–H groups in total. The summed E-state index contributed by atoms with van der Waals surface area (Å²) in [5.74, 6) is 0.184. The smallest absolute Gasteiger partial charge is 0.275 e. The molecule has 0 radical (unpaired) electrons. The van der Waals surface area contributed by atoms with Gasteiger partial charge in [-0.15, -0.1) is 0 Å². The number of thiophene rings is 1. The van der Waals surface area contributed by atoms with E-state index >= 15 is 0 Å². The number of oxazole rings is 1. The molecule has 0 saturated carbocycles. The van der Waals surface area contributed by atoms with Gasteiger partial charge < -0.3 is 19.7 Å². The Morgan fingerprint density at radius 2 is 1.93 bits per heavy atom. The first-order valence-electron chi connectivity index (χ1n) is 9.88.